The molecule has 0 aromatic heterocycles. The highest BCUT2D eigenvalue weighted by atomic mass is 32.2. The van der Waals surface area contributed by atoms with Crippen molar-refractivity contribution in [1.82, 2.24) is 4.31 Å². The van der Waals surface area contributed by atoms with Crippen molar-refractivity contribution in [3.8, 4) is 0 Å². The maximum Gasteiger partial charge on any atom is 0.324 e. The van der Waals surface area contributed by atoms with Crippen LogP contribution in [0.2, 0.25) is 0 Å². The Balaban J connectivity index is 2.39. The van der Waals surface area contributed by atoms with Crippen LogP contribution in [-0.2, 0) is 19.6 Å². The van der Waals surface area contributed by atoms with Crippen molar-refractivity contribution in [2.75, 3.05) is 13.2 Å². The van der Waals surface area contributed by atoms with Gasteiger partial charge in [-0.25, -0.2) is 8.42 Å². The average Bonchev–Trinajstić information content (AvgIpc) is 2.76. The van der Waals surface area contributed by atoms with Gasteiger partial charge in [0.2, 0.25) is 10.0 Å². The van der Waals surface area contributed by atoms with Gasteiger partial charge in [-0.1, -0.05) is 24.6 Å². The number of carbonyl (C=O) groups is 1. The number of hydrogen-bond donors (Lipinski definition) is 1. The summed E-state index contributed by atoms with van der Waals surface area (Å²) in [5, 5.41) is 10.00. The second kappa shape index (κ2) is 6.36. The molecule has 3 atom stereocenters. The number of nitrogens with zero attached hydrogens (tertiary/aromatic N) is 1. The molecule has 0 radical (unpaired) electrons. The van der Waals surface area contributed by atoms with E-state index in [4.69, 9.17) is 4.74 Å². The minimum atomic E-state index is -3.86. The van der Waals surface area contributed by atoms with Crippen molar-refractivity contribution in [1.29, 1.82) is 0 Å². The zero-order valence-electron chi connectivity index (χ0n) is 12.9. The molecule has 0 amide bonds. The van der Waals surface area contributed by atoms with Gasteiger partial charge in [-0.15, -0.1) is 0 Å². The molecule has 1 aromatic rings. The van der Waals surface area contributed by atoms with E-state index in [1.54, 1.807) is 26.0 Å². The van der Waals surface area contributed by atoms with Crippen LogP contribution >= 0.6 is 0 Å². The first-order valence-electron chi connectivity index (χ1n) is 7.22. The third kappa shape index (κ3) is 3.02. The molecule has 6 nitrogen and oxygen atoms in total. The molecule has 1 heterocycles. The Morgan fingerprint density at radius 1 is 1.36 bits per heavy atom. The summed E-state index contributed by atoms with van der Waals surface area (Å²) >= 11 is 0. The minimum Gasteiger partial charge on any atom is -0.465 e. The van der Waals surface area contributed by atoms with Crippen molar-refractivity contribution in [3.63, 3.8) is 0 Å². The number of hydrogen-bond acceptors (Lipinski definition) is 5. The largest absolute Gasteiger partial charge is 0.465 e. The number of esters is 1. The Hall–Kier alpha value is -1.44. The maximum atomic E-state index is 12.8. The lowest BCUT2D eigenvalue weighted by atomic mass is 10.0. The number of sulfonamides is 1. The Kier molecular flexibility index (Phi) is 4.89. The van der Waals surface area contributed by atoms with Crippen molar-refractivity contribution < 1.29 is 23.1 Å². The van der Waals surface area contributed by atoms with E-state index < -0.39 is 34.1 Å². The number of aliphatic hydroxyl groups is 1. The molecule has 1 aliphatic heterocycles. The van der Waals surface area contributed by atoms with Gasteiger partial charge in [-0.2, -0.15) is 4.31 Å². The number of benzene rings is 1. The van der Waals surface area contributed by atoms with Crippen molar-refractivity contribution in [3.05, 3.63) is 29.8 Å². The van der Waals surface area contributed by atoms with E-state index in [1.807, 2.05) is 6.92 Å². The Bertz CT molecular complexity index is 640. The summed E-state index contributed by atoms with van der Waals surface area (Å²) in [7, 11) is -3.86. The molecule has 0 saturated carbocycles. The summed E-state index contributed by atoms with van der Waals surface area (Å²) in [5.74, 6) is -1.14. The molecule has 122 valence electrons. The molecule has 1 saturated heterocycles. The smallest absolute Gasteiger partial charge is 0.324 e. The summed E-state index contributed by atoms with van der Waals surface area (Å²) in [6.45, 7) is 5.22. The van der Waals surface area contributed by atoms with Gasteiger partial charge < -0.3 is 9.84 Å². The predicted molar refractivity (Wildman–Crippen MR) is 80.7 cm³/mol. The van der Waals surface area contributed by atoms with Gasteiger partial charge in [0, 0.05) is 12.5 Å². The molecule has 22 heavy (non-hydrogen) atoms. The molecule has 1 aromatic carbocycles. The second-order valence-corrected chi connectivity index (χ2v) is 7.40. The van der Waals surface area contributed by atoms with E-state index in [0.29, 0.717) is 0 Å². The summed E-state index contributed by atoms with van der Waals surface area (Å²) < 4.78 is 31.5. The molecule has 0 aliphatic carbocycles. The summed E-state index contributed by atoms with van der Waals surface area (Å²) in [6.07, 6.45) is -0.894. The van der Waals surface area contributed by atoms with E-state index in [2.05, 4.69) is 0 Å². The maximum absolute atomic E-state index is 12.8. The van der Waals surface area contributed by atoms with E-state index in [0.717, 1.165) is 9.87 Å². The molecule has 0 bridgehead atoms. The highest BCUT2D eigenvalue weighted by Gasteiger charge is 2.49. The van der Waals surface area contributed by atoms with E-state index in [-0.39, 0.29) is 18.0 Å². The van der Waals surface area contributed by atoms with Crippen LogP contribution in [-0.4, -0.2) is 49.1 Å². The number of carbonyl (C=O) groups excluding carboxylic acids is 1. The Labute approximate surface area is 130 Å². The fraction of sp³-hybridized carbons (Fsp3) is 0.533. The first-order valence-corrected chi connectivity index (χ1v) is 8.66. The van der Waals surface area contributed by atoms with Crippen LogP contribution in [0.25, 0.3) is 0 Å². The van der Waals surface area contributed by atoms with Gasteiger partial charge in [0.1, 0.15) is 6.04 Å². The summed E-state index contributed by atoms with van der Waals surface area (Å²) in [6, 6.07) is 5.40. The van der Waals surface area contributed by atoms with Crippen LogP contribution < -0.4 is 0 Å². The fourth-order valence-corrected chi connectivity index (χ4v) is 4.27. The van der Waals surface area contributed by atoms with Crippen molar-refractivity contribution in [2.24, 2.45) is 5.92 Å². The predicted octanol–water partition coefficient (Wildman–Crippen LogP) is 0.928. The lowest BCUT2D eigenvalue weighted by Gasteiger charge is -2.24. The zero-order chi connectivity index (χ0) is 16.5. The van der Waals surface area contributed by atoms with Gasteiger partial charge in [0.15, 0.2) is 0 Å². The number of ether oxygens (including phenoxy) is 1. The van der Waals surface area contributed by atoms with E-state index >= 15 is 0 Å². The molecule has 1 N–H and O–H groups in total. The standard InChI is InChI=1S/C15H21NO5S/c1-4-21-15(18)14-11(3)13(17)9-16(14)22(19,20)12-7-5-10(2)6-8-12/h5-8,11,13-14,17H,4,9H2,1-3H3/t11-,13+,14-/m0/s1. The molecule has 1 aliphatic rings. The van der Waals surface area contributed by atoms with Crippen molar-refractivity contribution in [2.45, 2.75) is 37.8 Å². The van der Waals surface area contributed by atoms with E-state index in [9.17, 15) is 18.3 Å². The van der Waals surface area contributed by atoms with Gasteiger partial charge in [-0.3, -0.25) is 4.79 Å². The Morgan fingerprint density at radius 2 is 1.95 bits per heavy atom. The SMILES string of the molecule is CCOC(=O)[C@@H]1[C@@H](C)[C@H](O)CN1S(=O)(=O)c1ccc(C)cc1. The van der Waals surface area contributed by atoms with Crippen molar-refractivity contribution >= 4 is 16.0 Å². The highest BCUT2D eigenvalue weighted by Crippen LogP contribution is 2.31. The van der Waals surface area contributed by atoms with Crippen LogP contribution in [0, 0.1) is 12.8 Å². The summed E-state index contributed by atoms with van der Waals surface area (Å²) in [5.41, 5.74) is 0.940. The zero-order valence-corrected chi connectivity index (χ0v) is 13.7. The minimum absolute atomic E-state index is 0.105. The van der Waals surface area contributed by atoms with Crippen LogP contribution in [0.15, 0.2) is 29.2 Å². The van der Waals surface area contributed by atoms with Crippen LogP contribution in [0.1, 0.15) is 19.4 Å². The van der Waals surface area contributed by atoms with Gasteiger partial charge in [0.25, 0.3) is 0 Å². The normalized spacial score (nSPS) is 26.1. The lowest BCUT2D eigenvalue weighted by Crippen LogP contribution is -2.43. The number of β-amino-alcohol motifs (C(OH)–C–C–N with tert-alkyl or cyclic N) is 1. The third-order valence-electron chi connectivity index (χ3n) is 3.94. The van der Waals surface area contributed by atoms with Gasteiger partial charge >= 0.3 is 5.97 Å². The molecular formula is C15H21NO5S. The monoisotopic (exact) mass is 327 g/mol. The van der Waals surface area contributed by atoms with Crippen LogP contribution in [0.3, 0.4) is 0 Å². The van der Waals surface area contributed by atoms with Crippen LogP contribution in [0.4, 0.5) is 0 Å². The third-order valence-corrected chi connectivity index (χ3v) is 5.80. The lowest BCUT2D eigenvalue weighted by molar-refractivity contribution is -0.148. The first kappa shape index (κ1) is 16.9. The first-order chi connectivity index (χ1) is 10.3. The molecule has 2 rings (SSSR count). The number of aliphatic hydroxyl groups excluding tert-OH is 1. The molecular weight excluding hydrogens is 306 g/mol. The highest BCUT2D eigenvalue weighted by molar-refractivity contribution is 7.89. The molecule has 0 unspecified atom stereocenters. The Morgan fingerprint density at radius 3 is 2.50 bits per heavy atom. The fourth-order valence-electron chi connectivity index (χ4n) is 2.59. The average molecular weight is 327 g/mol. The molecule has 0 spiro atoms. The number of rotatable bonds is 4. The van der Waals surface area contributed by atoms with Gasteiger partial charge in [0.05, 0.1) is 17.6 Å². The quantitative estimate of drug-likeness (QED) is 0.832. The van der Waals surface area contributed by atoms with Crippen LogP contribution in [0.5, 0.6) is 0 Å². The molecule has 1 fully saturated rings. The second-order valence-electron chi connectivity index (χ2n) is 5.51. The number of aryl methyl sites for hydroxylation is 1. The van der Waals surface area contributed by atoms with Gasteiger partial charge in [-0.05, 0) is 26.0 Å². The topological polar surface area (TPSA) is 83.9 Å². The summed E-state index contributed by atoms with van der Waals surface area (Å²) in [4.78, 5) is 12.2. The molecule has 7 heteroatoms. The van der Waals surface area contributed by atoms with E-state index in [1.165, 1.54) is 12.1 Å².